The van der Waals surface area contributed by atoms with Crippen LogP contribution in [0.5, 0.6) is 0 Å². The number of hydrogen-bond donors (Lipinski definition) is 3. The summed E-state index contributed by atoms with van der Waals surface area (Å²) >= 11 is 0. The molecule has 2 rings (SSSR count). The fraction of sp³-hybridized carbons (Fsp3) is 0.571. The molecular weight excluding hydrogens is 276 g/mol. The number of rotatable bonds is 5. The summed E-state index contributed by atoms with van der Waals surface area (Å²) in [7, 11) is -3.60. The van der Waals surface area contributed by atoms with Crippen LogP contribution in [0.2, 0.25) is 0 Å². The van der Waals surface area contributed by atoms with Crippen molar-refractivity contribution in [1.29, 1.82) is 0 Å². The van der Waals surface area contributed by atoms with Crippen molar-refractivity contribution >= 4 is 10.0 Å². The molecule has 0 atom stereocenters. The Morgan fingerprint density at radius 2 is 1.75 bits per heavy atom. The maximum atomic E-state index is 11.1. The van der Waals surface area contributed by atoms with Crippen LogP contribution in [-0.4, -0.2) is 32.2 Å². The van der Waals surface area contributed by atoms with Gasteiger partial charge in [0, 0.05) is 6.04 Å². The van der Waals surface area contributed by atoms with E-state index in [0.717, 1.165) is 44.2 Å². The summed E-state index contributed by atoms with van der Waals surface area (Å²) in [5.41, 5.74) is 1.08. The standard InChI is InChI=1S/C14H22N2O3S/c15-20(18,19)14-7-1-11(2-8-14)9-10-16-12-3-5-13(17)6-4-12/h1-2,7-8,12-13,16-17H,3-6,9-10H2,(H2,15,18,19). The summed E-state index contributed by atoms with van der Waals surface area (Å²) in [5.74, 6) is 0. The Kier molecular flexibility index (Phi) is 5.15. The van der Waals surface area contributed by atoms with Crippen LogP contribution in [0.4, 0.5) is 0 Å². The minimum atomic E-state index is -3.60. The molecule has 4 N–H and O–H groups in total. The predicted molar refractivity (Wildman–Crippen MR) is 77.8 cm³/mol. The lowest BCUT2D eigenvalue weighted by atomic mass is 9.93. The molecule has 6 heteroatoms. The van der Waals surface area contributed by atoms with E-state index in [-0.39, 0.29) is 11.0 Å². The second kappa shape index (κ2) is 6.67. The van der Waals surface area contributed by atoms with E-state index in [2.05, 4.69) is 5.32 Å². The van der Waals surface area contributed by atoms with Gasteiger partial charge in [0.25, 0.3) is 0 Å². The fourth-order valence-corrected chi connectivity index (χ4v) is 3.06. The maximum absolute atomic E-state index is 11.1. The Hall–Kier alpha value is -0.950. The third kappa shape index (κ3) is 4.56. The van der Waals surface area contributed by atoms with Crippen molar-refractivity contribution in [2.75, 3.05) is 6.54 Å². The lowest BCUT2D eigenvalue weighted by Gasteiger charge is -2.26. The number of aliphatic hydroxyl groups is 1. The van der Waals surface area contributed by atoms with Crippen LogP contribution in [0, 0.1) is 0 Å². The van der Waals surface area contributed by atoms with E-state index in [9.17, 15) is 13.5 Å². The largest absolute Gasteiger partial charge is 0.393 e. The molecule has 1 aromatic carbocycles. The Morgan fingerprint density at radius 3 is 2.30 bits per heavy atom. The topological polar surface area (TPSA) is 92.4 Å². The van der Waals surface area contributed by atoms with Crippen molar-refractivity contribution in [3.63, 3.8) is 0 Å². The molecule has 5 nitrogen and oxygen atoms in total. The number of nitrogens with one attached hydrogen (secondary N) is 1. The molecule has 1 aromatic rings. The van der Waals surface area contributed by atoms with Gasteiger partial charge >= 0.3 is 0 Å². The van der Waals surface area contributed by atoms with Crippen molar-refractivity contribution in [3.8, 4) is 0 Å². The highest BCUT2D eigenvalue weighted by atomic mass is 32.2. The van der Waals surface area contributed by atoms with E-state index in [1.54, 1.807) is 24.3 Å². The van der Waals surface area contributed by atoms with Gasteiger partial charge in [-0.2, -0.15) is 0 Å². The van der Waals surface area contributed by atoms with Crippen LogP contribution in [0.15, 0.2) is 29.2 Å². The van der Waals surface area contributed by atoms with Gasteiger partial charge in [-0.05, 0) is 56.3 Å². The molecule has 0 bridgehead atoms. The Labute approximate surface area is 120 Å². The third-order valence-electron chi connectivity index (χ3n) is 3.80. The first-order valence-electron chi connectivity index (χ1n) is 6.98. The van der Waals surface area contributed by atoms with Crippen molar-refractivity contribution in [2.45, 2.75) is 49.1 Å². The summed E-state index contributed by atoms with van der Waals surface area (Å²) in [6, 6.07) is 7.17. The van der Waals surface area contributed by atoms with Gasteiger partial charge in [0.05, 0.1) is 11.0 Å². The van der Waals surface area contributed by atoms with Crippen LogP contribution >= 0.6 is 0 Å². The van der Waals surface area contributed by atoms with Crippen molar-refractivity contribution < 1.29 is 13.5 Å². The molecule has 0 saturated heterocycles. The second-order valence-corrected chi connectivity index (χ2v) is 6.96. The summed E-state index contributed by atoms with van der Waals surface area (Å²) in [5, 5.41) is 18.0. The number of nitrogens with two attached hydrogens (primary N) is 1. The fourth-order valence-electron chi connectivity index (χ4n) is 2.55. The lowest BCUT2D eigenvalue weighted by molar-refractivity contribution is 0.117. The zero-order valence-electron chi connectivity index (χ0n) is 11.5. The van der Waals surface area contributed by atoms with E-state index in [1.807, 2.05) is 0 Å². The van der Waals surface area contributed by atoms with Gasteiger partial charge in [-0.1, -0.05) is 12.1 Å². The third-order valence-corrected chi connectivity index (χ3v) is 4.72. The molecule has 0 heterocycles. The molecule has 1 aliphatic carbocycles. The highest BCUT2D eigenvalue weighted by molar-refractivity contribution is 7.89. The summed E-state index contributed by atoms with van der Waals surface area (Å²) in [6.07, 6.45) is 4.52. The molecule has 20 heavy (non-hydrogen) atoms. The molecule has 1 fully saturated rings. The summed E-state index contributed by atoms with van der Waals surface area (Å²) < 4.78 is 22.3. The van der Waals surface area contributed by atoms with Gasteiger partial charge in [-0.15, -0.1) is 0 Å². The number of aliphatic hydroxyl groups excluding tert-OH is 1. The molecule has 1 aliphatic rings. The highest BCUT2D eigenvalue weighted by Gasteiger charge is 2.18. The van der Waals surface area contributed by atoms with E-state index >= 15 is 0 Å². The first-order valence-corrected chi connectivity index (χ1v) is 8.53. The first kappa shape index (κ1) is 15.4. The molecule has 1 saturated carbocycles. The molecule has 112 valence electrons. The summed E-state index contributed by atoms with van der Waals surface area (Å²) in [6.45, 7) is 0.857. The molecule has 0 radical (unpaired) electrons. The normalized spacial score (nSPS) is 23.7. The number of benzene rings is 1. The van der Waals surface area contributed by atoms with Gasteiger partial charge in [0.1, 0.15) is 0 Å². The molecule has 0 spiro atoms. The van der Waals surface area contributed by atoms with Crippen LogP contribution < -0.4 is 10.5 Å². The van der Waals surface area contributed by atoms with Crippen molar-refractivity contribution in [2.24, 2.45) is 5.14 Å². The number of sulfonamides is 1. The average Bonchev–Trinajstić information content (AvgIpc) is 2.41. The maximum Gasteiger partial charge on any atom is 0.238 e. The Balaban J connectivity index is 1.77. The van der Waals surface area contributed by atoms with Gasteiger partial charge in [-0.25, -0.2) is 13.6 Å². The molecule has 0 amide bonds. The highest BCUT2D eigenvalue weighted by Crippen LogP contribution is 2.18. The molecule has 0 aromatic heterocycles. The Bertz CT molecular complexity index is 520. The van der Waals surface area contributed by atoms with Gasteiger partial charge in [0.2, 0.25) is 10.0 Å². The quantitative estimate of drug-likeness (QED) is 0.748. The minimum absolute atomic E-state index is 0.126. The van der Waals surface area contributed by atoms with Crippen LogP contribution in [0.3, 0.4) is 0 Å². The zero-order valence-corrected chi connectivity index (χ0v) is 12.3. The zero-order chi connectivity index (χ0) is 14.6. The molecule has 0 unspecified atom stereocenters. The van der Waals surface area contributed by atoms with Crippen molar-refractivity contribution in [3.05, 3.63) is 29.8 Å². The SMILES string of the molecule is NS(=O)(=O)c1ccc(CCNC2CCC(O)CC2)cc1. The van der Waals surface area contributed by atoms with E-state index in [4.69, 9.17) is 5.14 Å². The first-order chi connectivity index (χ1) is 9.45. The van der Waals surface area contributed by atoms with Gasteiger partial charge in [0.15, 0.2) is 0 Å². The molecule has 0 aliphatic heterocycles. The van der Waals surface area contributed by atoms with E-state index in [0.29, 0.717) is 6.04 Å². The number of hydrogen-bond acceptors (Lipinski definition) is 4. The minimum Gasteiger partial charge on any atom is -0.393 e. The van der Waals surface area contributed by atoms with Gasteiger partial charge in [-0.3, -0.25) is 0 Å². The van der Waals surface area contributed by atoms with Gasteiger partial charge < -0.3 is 10.4 Å². The Morgan fingerprint density at radius 1 is 1.15 bits per heavy atom. The summed E-state index contributed by atoms with van der Waals surface area (Å²) in [4.78, 5) is 0.149. The second-order valence-electron chi connectivity index (χ2n) is 5.40. The number of primary sulfonamides is 1. The van der Waals surface area contributed by atoms with Crippen LogP contribution in [0.1, 0.15) is 31.2 Å². The lowest BCUT2D eigenvalue weighted by Crippen LogP contribution is -2.35. The smallest absolute Gasteiger partial charge is 0.238 e. The molecular formula is C14H22N2O3S. The average molecular weight is 298 g/mol. The van der Waals surface area contributed by atoms with Crippen LogP contribution in [-0.2, 0) is 16.4 Å². The van der Waals surface area contributed by atoms with E-state index in [1.165, 1.54) is 0 Å². The predicted octanol–water partition coefficient (Wildman–Crippen LogP) is 0.770. The van der Waals surface area contributed by atoms with E-state index < -0.39 is 10.0 Å². The van der Waals surface area contributed by atoms with Crippen molar-refractivity contribution in [1.82, 2.24) is 5.32 Å². The monoisotopic (exact) mass is 298 g/mol. The van der Waals surface area contributed by atoms with Crippen LogP contribution in [0.25, 0.3) is 0 Å².